The summed E-state index contributed by atoms with van der Waals surface area (Å²) in [6.45, 7) is 14.8. The lowest BCUT2D eigenvalue weighted by molar-refractivity contribution is 0.0502. The number of rotatable bonds is 6. The average molecular weight is 320 g/mol. The van der Waals surface area contributed by atoms with E-state index in [-0.39, 0.29) is 18.2 Å². The van der Waals surface area contributed by atoms with Gasteiger partial charge in [0, 0.05) is 18.6 Å². The maximum atomic E-state index is 11.9. The molecule has 0 heterocycles. The van der Waals surface area contributed by atoms with Crippen molar-refractivity contribution in [1.29, 1.82) is 0 Å². The molecule has 1 aromatic carbocycles. The van der Waals surface area contributed by atoms with Gasteiger partial charge in [-0.2, -0.15) is 0 Å². The molecule has 0 aliphatic carbocycles. The first-order valence-corrected chi connectivity index (χ1v) is 8.42. The summed E-state index contributed by atoms with van der Waals surface area (Å²) in [5, 5.41) is 6.45. The first-order chi connectivity index (χ1) is 10.6. The fourth-order valence-electron chi connectivity index (χ4n) is 2.43. The van der Waals surface area contributed by atoms with Crippen LogP contribution in [0, 0.1) is 13.8 Å². The number of benzene rings is 1. The van der Waals surface area contributed by atoms with Crippen molar-refractivity contribution < 1.29 is 9.53 Å². The Morgan fingerprint density at radius 1 is 1.26 bits per heavy atom. The lowest BCUT2D eigenvalue weighted by Gasteiger charge is -2.25. The minimum Gasteiger partial charge on any atom is -0.444 e. The second-order valence-corrected chi connectivity index (χ2v) is 7.24. The number of ether oxygens (including phenoxy) is 1. The largest absolute Gasteiger partial charge is 0.444 e. The van der Waals surface area contributed by atoms with Crippen molar-refractivity contribution in [2.45, 2.75) is 72.6 Å². The topological polar surface area (TPSA) is 50.4 Å². The molecule has 4 heteroatoms. The van der Waals surface area contributed by atoms with Crippen molar-refractivity contribution in [3.8, 4) is 0 Å². The molecule has 23 heavy (non-hydrogen) atoms. The van der Waals surface area contributed by atoms with E-state index in [0.717, 1.165) is 6.42 Å². The van der Waals surface area contributed by atoms with E-state index >= 15 is 0 Å². The normalized spacial score (nSPS) is 14.2. The highest BCUT2D eigenvalue weighted by atomic mass is 16.6. The lowest BCUT2D eigenvalue weighted by Crippen LogP contribution is -2.44. The highest BCUT2D eigenvalue weighted by Gasteiger charge is 2.19. The minimum absolute atomic E-state index is 0.0532. The number of hydrogen-bond acceptors (Lipinski definition) is 3. The van der Waals surface area contributed by atoms with Gasteiger partial charge in [-0.05, 0) is 59.1 Å². The summed E-state index contributed by atoms with van der Waals surface area (Å²) in [5.41, 5.74) is 3.38. The van der Waals surface area contributed by atoms with E-state index in [1.807, 2.05) is 20.8 Å². The predicted molar refractivity (Wildman–Crippen MR) is 95.8 cm³/mol. The molecule has 2 unspecified atom stereocenters. The van der Waals surface area contributed by atoms with E-state index in [2.05, 4.69) is 56.5 Å². The van der Waals surface area contributed by atoms with Crippen molar-refractivity contribution >= 4 is 6.09 Å². The van der Waals surface area contributed by atoms with Gasteiger partial charge >= 0.3 is 6.09 Å². The second-order valence-electron chi connectivity index (χ2n) is 7.24. The van der Waals surface area contributed by atoms with Gasteiger partial charge in [-0.1, -0.05) is 30.7 Å². The van der Waals surface area contributed by atoms with Crippen LogP contribution in [-0.4, -0.2) is 24.3 Å². The molecule has 2 atom stereocenters. The molecule has 0 saturated heterocycles. The molecule has 2 N–H and O–H groups in total. The summed E-state index contributed by atoms with van der Waals surface area (Å²) in [7, 11) is 0. The Labute approximate surface area is 141 Å². The van der Waals surface area contributed by atoms with Crippen LogP contribution in [0.15, 0.2) is 18.2 Å². The lowest BCUT2D eigenvalue weighted by atomic mass is 10.00. The molecule has 0 aromatic heterocycles. The van der Waals surface area contributed by atoms with Gasteiger partial charge in [0.15, 0.2) is 0 Å². The third kappa shape index (κ3) is 7.04. The molecule has 1 amide bonds. The Balaban J connectivity index is 2.56. The molecule has 0 fully saturated rings. The molecule has 130 valence electrons. The first kappa shape index (κ1) is 19.5. The molecule has 4 nitrogen and oxygen atoms in total. The molecule has 0 bridgehead atoms. The number of hydrogen-bond donors (Lipinski definition) is 2. The molecular weight excluding hydrogens is 288 g/mol. The second kappa shape index (κ2) is 8.34. The van der Waals surface area contributed by atoms with Gasteiger partial charge in [0.1, 0.15) is 5.60 Å². The summed E-state index contributed by atoms with van der Waals surface area (Å²) >= 11 is 0. The van der Waals surface area contributed by atoms with Crippen molar-refractivity contribution in [2.24, 2.45) is 0 Å². The van der Waals surface area contributed by atoms with Crippen molar-refractivity contribution in [3.05, 3.63) is 34.9 Å². The number of carbonyl (C=O) groups excluding carboxylic acids is 1. The van der Waals surface area contributed by atoms with Crippen molar-refractivity contribution in [2.75, 3.05) is 6.54 Å². The maximum Gasteiger partial charge on any atom is 0.407 e. The van der Waals surface area contributed by atoms with Gasteiger partial charge in [-0.3, -0.25) is 0 Å². The smallest absolute Gasteiger partial charge is 0.407 e. The first-order valence-electron chi connectivity index (χ1n) is 8.42. The monoisotopic (exact) mass is 320 g/mol. The summed E-state index contributed by atoms with van der Waals surface area (Å²) in [5.74, 6) is 0. The van der Waals surface area contributed by atoms with Crippen LogP contribution in [0.5, 0.6) is 0 Å². The molecule has 0 aliphatic heterocycles. The quantitative estimate of drug-likeness (QED) is 0.823. The van der Waals surface area contributed by atoms with Crippen LogP contribution >= 0.6 is 0 Å². The fraction of sp³-hybridized carbons (Fsp3) is 0.632. The van der Waals surface area contributed by atoms with E-state index in [1.54, 1.807) is 0 Å². The minimum atomic E-state index is -0.470. The summed E-state index contributed by atoms with van der Waals surface area (Å²) in [6, 6.07) is 6.79. The molecule has 0 spiro atoms. The van der Waals surface area contributed by atoms with E-state index in [1.165, 1.54) is 16.7 Å². The zero-order valence-corrected chi connectivity index (χ0v) is 15.6. The average Bonchev–Trinajstić information content (AvgIpc) is 2.43. The number of amides is 1. The van der Waals surface area contributed by atoms with Crippen molar-refractivity contribution in [1.82, 2.24) is 10.6 Å². The summed E-state index contributed by atoms with van der Waals surface area (Å²) in [6.07, 6.45) is 0.497. The van der Waals surface area contributed by atoms with Gasteiger partial charge in [0.25, 0.3) is 0 Å². The van der Waals surface area contributed by atoms with Crippen LogP contribution in [0.2, 0.25) is 0 Å². The third-order valence-corrected chi connectivity index (χ3v) is 3.79. The van der Waals surface area contributed by atoms with Gasteiger partial charge in [-0.15, -0.1) is 0 Å². The van der Waals surface area contributed by atoms with E-state index < -0.39 is 5.60 Å². The predicted octanol–water partition coefficient (Wildman–Crippen LogP) is 4.26. The summed E-state index contributed by atoms with van der Waals surface area (Å²) in [4.78, 5) is 11.9. The third-order valence-electron chi connectivity index (χ3n) is 3.79. The SMILES string of the molecule is CCC(CNC(C)c1cc(C)ccc1C)NC(=O)OC(C)(C)C. The number of carbonyl (C=O) groups is 1. The molecule has 1 aromatic rings. The fourth-order valence-corrected chi connectivity index (χ4v) is 2.43. The number of alkyl carbamates (subject to hydrolysis) is 1. The Bertz CT molecular complexity index is 521. The Hall–Kier alpha value is -1.55. The highest BCUT2D eigenvalue weighted by Crippen LogP contribution is 2.18. The molecular formula is C19H32N2O2. The van der Waals surface area contributed by atoms with Crippen LogP contribution in [0.25, 0.3) is 0 Å². The van der Waals surface area contributed by atoms with Crippen LogP contribution in [0.3, 0.4) is 0 Å². The maximum absolute atomic E-state index is 11.9. The summed E-state index contributed by atoms with van der Waals surface area (Å²) < 4.78 is 5.32. The van der Waals surface area contributed by atoms with Crippen LogP contribution in [-0.2, 0) is 4.74 Å². The highest BCUT2D eigenvalue weighted by molar-refractivity contribution is 5.68. The molecule has 0 radical (unpaired) electrons. The van der Waals surface area contributed by atoms with E-state index in [0.29, 0.717) is 6.54 Å². The van der Waals surface area contributed by atoms with Gasteiger partial charge < -0.3 is 15.4 Å². The van der Waals surface area contributed by atoms with E-state index in [4.69, 9.17) is 4.74 Å². The molecule has 1 rings (SSSR count). The van der Waals surface area contributed by atoms with Gasteiger partial charge in [0.05, 0.1) is 0 Å². The molecule has 0 aliphatic rings. The number of aryl methyl sites for hydroxylation is 2. The Morgan fingerprint density at radius 3 is 2.48 bits per heavy atom. The zero-order valence-electron chi connectivity index (χ0n) is 15.6. The standard InChI is InChI=1S/C19H32N2O2/c1-8-16(21-18(22)23-19(5,6)7)12-20-15(4)17-11-13(2)9-10-14(17)3/h9-11,15-16,20H,8,12H2,1-7H3,(H,21,22). The van der Waals surface area contributed by atoms with Crippen LogP contribution in [0.4, 0.5) is 4.79 Å². The zero-order chi connectivity index (χ0) is 17.6. The number of nitrogens with one attached hydrogen (secondary N) is 2. The van der Waals surface area contributed by atoms with Gasteiger partial charge in [-0.25, -0.2) is 4.79 Å². The molecule has 0 saturated carbocycles. The van der Waals surface area contributed by atoms with Crippen molar-refractivity contribution in [3.63, 3.8) is 0 Å². The Kier molecular flexibility index (Phi) is 7.07. The van der Waals surface area contributed by atoms with Crippen LogP contribution < -0.4 is 10.6 Å². The Morgan fingerprint density at radius 2 is 1.91 bits per heavy atom. The van der Waals surface area contributed by atoms with E-state index in [9.17, 15) is 4.79 Å². The van der Waals surface area contributed by atoms with Crippen LogP contribution in [0.1, 0.15) is 63.8 Å². The van der Waals surface area contributed by atoms with Gasteiger partial charge in [0.2, 0.25) is 0 Å².